The van der Waals surface area contributed by atoms with E-state index in [9.17, 15) is 18.8 Å². The lowest BCUT2D eigenvalue weighted by molar-refractivity contribution is -0.123. The van der Waals surface area contributed by atoms with E-state index in [0.29, 0.717) is 12.3 Å². The third-order valence-electron chi connectivity index (χ3n) is 4.70. The Morgan fingerprint density at radius 3 is 2.68 bits per heavy atom. The maximum Gasteiger partial charge on any atom is 0.293 e. The van der Waals surface area contributed by atoms with Crippen LogP contribution in [0.5, 0.6) is 0 Å². The van der Waals surface area contributed by atoms with E-state index < -0.39 is 17.0 Å². The predicted molar refractivity (Wildman–Crippen MR) is 126 cm³/mol. The molecule has 1 saturated heterocycles. The number of nitrogens with one attached hydrogen (secondary N) is 1. The zero-order valence-electron chi connectivity index (χ0n) is 17.8. The minimum atomic E-state index is -0.515. The number of carbonyl (C=O) groups excluding carboxylic acids is 3. The molecule has 11 heteroatoms. The van der Waals surface area contributed by atoms with Crippen LogP contribution in [0.2, 0.25) is 0 Å². The summed E-state index contributed by atoms with van der Waals surface area (Å²) in [6.07, 6.45) is 1.86. The summed E-state index contributed by atoms with van der Waals surface area (Å²) < 4.78 is 19.4. The van der Waals surface area contributed by atoms with Crippen LogP contribution in [-0.2, 0) is 16.0 Å². The summed E-state index contributed by atoms with van der Waals surface area (Å²) >= 11 is 1.84. The van der Waals surface area contributed by atoms with Gasteiger partial charge < -0.3 is 9.73 Å². The minimum absolute atomic E-state index is 0.0114. The van der Waals surface area contributed by atoms with E-state index in [2.05, 4.69) is 15.5 Å². The first kappa shape index (κ1) is 23.7. The lowest BCUT2D eigenvalue weighted by Gasteiger charge is -2.12. The van der Waals surface area contributed by atoms with E-state index in [-0.39, 0.29) is 40.4 Å². The Labute approximate surface area is 203 Å². The van der Waals surface area contributed by atoms with Crippen molar-refractivity contribution >= 4 is 46.7 Å². The van der Waals surface area contributed by atoms with Crippen LogP contribution in [0.4, 0.5) is 9.18 Å². The van der Waals surface area contributed by atoms with Gasteiger partial charge in [-0.1, -0.05) is 60.3 Å². The van der Waals surface area contributed by atoms with Gasteiger partial charge in [0.15, 0.2) is 0 Å². The second kappa shape index (κ2) is 11.1. The normalized spacial score (nSPS) is 14.7. The second-order valence-corrected chi connectivity index (χ2v) is 9.04. The highest BCUT2D eigenvalue weighted by Crippen LogP contribution is 2.32. The van der Waals surface area contributed by atoms with Crippen LogP contribution in [0.3, 0.4) is 0 Å². The zero-order chi connectivity index (χ0) is 23.9. The van der Waals surface area contributed by atoms with Gasteiger partial charge in [0.05, 0.1) is 17.1 Å². The van der Waals surface area contributed by atoms with Gasteiger partial charge >= 0.3 is 0 Å². The van der Waals surface area contributed by atoms with E-state index in [4.69, 9.17) is 4.42 Å². The van der Waals surface area contributed by atoms with Crippen LogP contribution in [0, 0.1) is 5.82 Å². The second-order valence-electron chi connectivity index (χ2n) is 7.12. The van der Waals surface area contributed by atoms with E-state index in [1.807, 2.05) is 30.3 Å². The fourth-order valence-electron chi connectivity index (χ4n) is 3.05. The van der Waals surface area contributed by atoms with Gasteiger partial charge in [-0.05, 0) is 29.5 Å². The molecule has 174 valence electrons. The topological polar surface area (TPSA) is 105 Å². The molecule has 1 N–H and O–H groups in total. The van der Waals surface area contributed by atoms with Gasteiger partial charge in [0, 0.05) is 18.7 Å². The molecule has 0 spiro atoms. The largest absolute Gasteiger partial charge is 0.416 e. The lowest BCUT2D eigenvalue weighted by atomic mass is 10.2. The molecule has 0 saturated carbocycles. The Bertz CT molecular complexity index is 1230. The molecular formula is C23H19FN4O4S2. The van der Waals surface area contributed by atoms with Gasteiger partial charge in [0.1, 0.15) is 5.82 Å². The van der Waals surface area contributed by atoms with Crippen LogP contribution in [0.25, 0.3) is 6.08 Å². The van der Waals surface area contributed by atoms with Crippen molar-refractivity contribution < 1.29 is 23.2 Å². The number of rotatable bonds is 9. The first-order chi connectivity index (χ1) is 16.5. The Morgan fingerprint density at radius 2 is 1.88 bits per heavy atom. The van der Waals surface area contributed by atoms with Crippen LogP contribution >= 0.6 is 23.5 Å². The van der Waals surface area contributed by atoms with Crippen molar-refractivity contribution in [1.82, 2.24) is 20.4 Å². The Balaban J connectivity index is 1.22. The number of aromatic nitrogens is 2. The number of nitrogens with zero attached hydrogens (tertiary/aromatic N) is 3. The molecule has 0 atom stereocenters. The fourth-order valence-corrected chi connectivity index (χ4v) is 4.52. The Kier molecular flexibility index (Phi) is 7.76. The van der Waals surface area contributed by atoms with Crippen molar-refractivity contribution in [1.29, 1.82) is 0 Å². The van der Waals surface area contributed by atoms with Crippen molar-refractivity contribution in [3.05, 3.63) is 82.3 Å². The Hall–Kier alpha value is -3.44. The Morgan fingerprint density at radius 1 is 1.12 bits per heavy atom. The molecule has 1 fully saturated rings. The van der Waals surface area contributed by atoms with Crippen molar-refractivity contribution in [2.24, 2.45) is 0 Å². The van der Waals surface area contributed by atoms with Gasteiger partial charge in [0.25, 0.3) is 16.4 Å². The number of imide groups is 1. The van der Waals surface area contributed by atoms with Crippen LogP contribution < -0.4 is 5.32 Å². The van der Waals surface area contributed by atoms with Gasteiger partial charge in [-0.2, -0.15) is 0 Å². The monoisotopic (exact) mass is 498 g/mol. The molecule has 2 aromatic carbocycles. The number of hydrogen-bond donors (Lipinski definition) is 1. The van der Waals surface area contributed by atoms with E-state index >= 15 is 0 Å². The van der Waals surface area contributed by atoms with Crippen molar-refractivity contribution in [2.45, 2.75) is 11.6 Å². The molecule has 8 nitrogen and oxygen atoms in total. The zero-order valence-corrected chi connectivity index (χ0v) is 19.4. The summed E-state index contributed by atoms with van der Waals surface area (Å²) in [6, 6.07) is 15.7. The van der Waals surface area contributed by atoms with Crippen molar-refractivity contribution in [3.63, 3.8) is 0 Å². The highest BCUT2D eigenvalue weighted by molar-refractivity contribution is 8.18. The van der Waals surface area contributed by atoms with Gasteiger partial charge in [-0.3, -0.25) is 19.3 Å². The molecule has 2 heterocycles. The quantitative estimate of drug-likeness (QED) is 0.351. The highest BCUT2D eigenvalue weighted by atomic mass is 32.2. The van der Waals surface area contributed by atoms with Gasteiger partial charge in [-0.25, -0.2) is 4.39 Å². The SMILES string of the molecule is O=C(CSc1nnc(Cc2ccccc2)o1)NCCN1C(=O)S/C(=C\c2ccccc2F)C1=O. The molecule has 0 bridgehead atoms. The minimum Gasteiger partial charge on any atom is -0.416 e. The van der Waals surface area contributed by atoms with Crippen molar-refractivity contribution in [3.8, 4) is 0 Å². The summed E-state index contributed by atoms with van der Waals surface area (Å²) in [4.78, 5) is 38.0. The molecule has 0 aliphatic carbocycles. The van der Waals surface area contributed by atoms with Gasteiger partial charge in [-0.15, -0.1) is 10.2 Å². The van der Waals surface area contributed by atoms with Crippen LogP contribution in [0.1, 0.15) is 17.0 Å². The molecule has 3 aromatic rings. The molecule has 1 aliphatic rings. The molecule has 1 aliphatic heterocycles. The van der Waals surface area contributed by atoms with Crippen molar-refractivity contribution in [2.75, 3.05) is 18.8 Å². The third-order valence-corrected chi connectivity index (χ3v) is 6.42. The number of carbonyl (C=O) groups is 3. The average Bonchev–Trinajstić information content (AvgIpc) is 3.39. The number of hydrogen-bond acceptors (Lipinski definition) is 8. The first-order valence-electron chi connectivity index (χ1n) is 10.3. The third kappa shape index (κ3) is 6.12. The molecule has 34 heavy (non-hydrogen) atoms. The summed E-state index contributed by atoms with van der Waals surface area (Å²) in [5, 5.41) is 10.4. The standard InChI is InChI=1S/C23H19FN4O4S2/c24-17-9-5-4-8-16(17)13-18-21(30)28(23(31)34-18)11-10-25-19(29)14-33-22-27-26-20(32-22)12-15-6-2-1-3-7-15/h1-9,13H,10-12,14H2,(H,25,29)/b18-13-. The molecular weight excluding hydrogens is 479 g/mol. The average molecular weight is 499 g/mol. The van der Waals surface area contributed by atoms with Crippen LogP contribution in [-0.4, -0.2) is 51.0 Å². The first-order valence-corrected chi connectivity index (χ1v) is 12.1. The van der Waals surface area contributed by atoms with Gasteiger partial charge in [0.2, 0.25) is 11.8 Å². The number of halogens is 1. The van der Waals surface area contributed by atoms with E-state index in [1.54, 1.807) is 12.1 Å². The summed E-state index contributed by atoms with van der Waals surface area (Å²) in [6.45, 7) is 0.102. The van der Waals surface area contributed by atoms with E-state index in [1.165, 1.54) is 18.2 Å². The molecule has 0 radical (unpaired) electrons. The maximum absolute atomic E-state index is 13.8. The summed E-state index contributed by atoms with van der Waals surface area (Å²) in [5.41, 5.74) is 1.27. The number of amides is 3. The number of thioether (sulfide) groups is 2. The number of benzene rings is 2. The summed E-state index contributed by atoms with van der Waals surface area (Å²) in [7, 11) is 0. The highest BCUT2D eigenvalue weighted by Gasteiger charge is 2.34. The van der Waals surface area contributed by atoms with Crippen LogP contribution in [0.15, 0.2) is 69.1 Å². The smallest absolute Gasteiger partial charge is 0.293 e. The van der Waals surface area contributed by atoms with E-state index in [0.717, 1.165) is 34.0 Å². The molecule has 0 unspecified atom stereocenters. The fraction of sp³-hybridized carbons (Fsp3) is 0.174. The lowest BCUT2D eigenvalue weighted by Crippen LogP contribution is -2.37. The molecule has 1 aromatic heterocycles. The molecule has 4 rings (SSSR count). The maximum atomic E-state index is 13.8. The summed E-state index contributed by atoms with van der Waals surface area (Å²) in [5.74, 6) is -0.799. The predicted octanol–water partition coefficient (Wildman–Crippen LogP) is 3.74. The molecule has 3 amide bonds.